The Balaban J connectivity index is 1.76. The van der Waals surface area contributed by atoms with Crippen LogP contribution in [0, 0.1) is 0 Å². The highest BCUT2D eigenvalue weighted by Crippen LogP contribution is 2.23. The first-order valence-electron chi connectivity index (χ1n) is 8.00. The summed E-state index contributed by atoms with van der Waals surface area (Å²) in [5.74, 6) is 1.16. The maximum absolute atomic E-state index is 10.3. The second-order valence-electron chi connectivity index (χ2n) is 5.87. The van der Waals surface area contributed by atoms with Crippen LogP contribution in [0.2, 0.25) is 0 Å². The lowest BCUT2D eigenvalue weighted by Crippen LogP contribution is -2.44. The van der Waals surface area contributed by atoms with Gasteiger partial charge >= 0.3 is 0 Å². The van der Waals surface area contributed by atoms with Gasteiger partial charge in [-0.25, -0.2) is 0 Å². The molecule has 1 fully saturated rings. The van der Waals surface area contributed by atoms with Crippen LogP contribution in [0.4, 0.5) is 0 Å². The van der Waals surface area contributed by atoms with Crippen molar-refractivity contribution in [2.45, 2.75) is 30.8 Å². The summed E-state index contributed by atoms with van der Waals surface area (Å²) in [5.41, 5.74) is 1.05. The summed E-state index contributed by atoms with van der Waals surface area (Å²) in [6.07, 6.45) is 1.68. The van der Waals surface area contributed by atoms with Gasteiger partial charge in [0.25, 0.3) is 0 Å². The molecule has 1 N–H and O–H groups in total. The van der Waals surface area contributed by atoms with E-state index >= 15 is 0 Å². The number of aliphatic hydroxyl groups excluding tert-OH is 1. The van der Waals surface area contributed by atoms with Crippen LogP contribution < -0.4 is 0 Å². The topological polar surface area (TPSA) is 26.7 Å². The van der Waals surface area contributed by atoms with Crippen molar-refractivity contribution in [1.29, 1.82) is 0 Å². The van der Waals surface area contributed by atoms with E-state index in [1.807, 2.05) is 11.8 Å². The van der Waals surface area contributed by atoms with E-state index in [2.05, 4.69) is 48.0 Å². The van der Waals surface area contributed by atoms with Gasteiger partial charge in [0, 0.05) is 37.6 Å². The molecule has 0 aromatic heterocycles. The molecule has 1 unspecified atom stereocenters. The summed E-state index contributed by atoms with van der Waals surface area (Å²) in [6.45, 7) is 7.70. The fourth-order valence-corrected chi connectivity index (χ4v) is 3.32. The highest BCUT2D eigenvalue weighted by Gasteiger charge is 2.15. The molecule has 0 spiro atoms. The third kappa shape index (κ3) is 5.62. The lowest BCUT2D eigenvalue weighted by atomic mass is 10.1. The maximum Gasteiger partial charge on any atom is 0.0802 e. The minimum Gasteiger partial charge on any atom is -0.388 e. The molecule has 1 atom stereocenters. The summed E-state index contributed by atoms with van der Waals surface area (Å²) in [6, 6.07) is 8.42. The average Bonchev–Trinajstić information content (AvgIpc) is 2.52. The van der Waals surface area contributed by atoms with Gasteiger partial charge in [-0.15, -0.1) is 11.8 Å². The van der Waals surface area contributed by atoms with Crippen LogP contribution in [-0.4, -0.2) is 60.4 Å². The number of rotatable bonds is 7. The average molecular weight is 308 g/mol. The Morgan fingerprint density at radius 1 is 1.14 bits per heavy atom. The van der Waals surface area contributed by atoms with Crippen LogP contribution in [0.1, 0.15) is 31.4 Å². The van der Waals surface area contributed by atoms with Crippen LogP contribution >= 0.6 is 11.8 Å². The molecule has 1 saturated heterocycles. The predicted octanol–water partition coefficient (Wildman–Crippen LogP) is 2.86. The zero-order valence-electron chi connectivity index (χ0n) is 13.3. The zero-order valence-corrected chi connectivity index (χ0v) is 14.1. The Kier molecular flexibility index (Phi) is 7.04. The number of nitrogens with zero attached hydrogens (tertiary/aromatic N) is 2. The van der Waals surface area contributed by atoms with Crippen LogP contribution in [0.3, 0.4) is 0 Å². The van der Waals surface area contributed by atoms with Crippen molar-refractivity contribution in [1.82, 2.24) is 9.80 Å². The largest absolute Gasteiger partial charge is 0.388 e. The molecule has 1 aromatic rings. The second-order valence-corrected chi connectivity index (χ2v) is 7.04. The number of thioether (sulfide) groups is 1. The fourth-order valence-electron chi connectivity index (χ4n) is 2.55. The van der Waals surface area contributed by atoms with E-state index in [4.69, 9.17) is 0 Å². The van der Waals surface area contributed by atoms with E-state index in [0.29, 0.717) is 0 Å². The van der Waals surface area contributed by atoms with Crippen LogP contribution in [0.25, 0.3) is 0 Å². The summed E-state index contributed by atoms with van der Waals surface area (Å²) in [7, 11) is 2.17. The number of piperazine rings is 1. The number of hydrogen-bond acceptors (Lipinski definition) is 4. The Labute approximate surface area is 133 Å². The normalized spacial score (nSPS) is 18.8. The van der Waals surface area contributed by atoms with E-state index in [1.165, 1.54) is 11.3 Å². The van der Waals surface area contributed by atoms with E-state index < -0.39 is 0 Å². The standard InChI is InChI=1S/C17H28N2OS/c1-3-14-21-16-6-4-15(5-7-16)17(20)8-9-19-12-10-18(2)11-13-19/h4-7,17,20H,3,8-14H2,1-2H3. The minimum atomic E-state index is -0.338. The maximum atomic E-state index is 10.3. The smallest absolute Gasteiger partial charge is 0.0802 e. The number of aliphatic hydroxyl groups is 1. The molecule has 1 aromatic carbocycles. The predicted molar refractivity (Wildman–Crippen MR) is 91.0 cm³/mol. The van der Waals surface area contributed by atoms with Gasteiger partial charge in [0.2, 0.25) is 0 Å². The molecule has 1 aliphatic rings. The van der Waals surface area contributed by atoms with Crippen molar-refractivity contribution in [3.05, 3.63) is 29.8 Å². The first-order chi connectivity index (χ1) is 10.2. The van der Waals surface area contributed by atoms with Gasteiger partial charge in [-0.2, -0.15) is 0 Å². The van der Waals surface area contributed by atoms with E-state index in [9.17, 15) is 5.11 Å². The monoisotopic (exact) mass is 308 g/mol. The van der Waals surface area contributed by atoms with Gasteiger partial charge in [0.15, 0.2) is 0 Å². The van der Waals surface area contributed by atoms with Crippen molar-refractivity contribution in [2.75, 3.05) is 45.5 Å². The van der Waals surface area contributed by atoms with Gasteiger partial charge < -0.3 is 14.9 Å². The molecule has 1 heterocycles. The lowest BCUT2D eigenvalue weighted by molar-refractivity contribution is 0.113. The highest BCUT2D eigenvalue weighted by molar-refractivity contribution is 7.99. The second kappa shape index (κ2) is 8.79. The Hall–Kier alpha value is -0.550. The molecule has 2 rings (SSSR count). The summed E-state index contributed by atoms with van der Waals surface area (Å²) in [5, 5.41) is 10.3. The minimum absolute atomic E-state index is 0.338. The van der Waals surface area contributed by atoms with Crippen LogP contribution in [-0.2, 0) is 0 Å². The highest BCUT2D eigenvalue weighted by atomic mass is 32.2. The molecule has 0 aliphatic carbocycles. The van der Waals surface area contributed by atoms with Crippen LogP contribution in [0.5, 0.6) is 0 Å². The molecule has 118 valence electrons. The van der Waals surface area contributed by atoms with Gasteiger partial charge in [-0.1, -0.05) is 19.1 Å². The Bertz CT molecular complexity index is 402. The number of benzene rings is 1. The van der Waals surface area contributed by atoms with E-state index in [1.54, 1.807) is 0 Å². The van der Waals surface area contributed by atoms with Crippen molar-refractivity contribution < 1.29 is 5.11 Å². The van der Waals surface area contributed by atoms with Crippen molar-refractivity contribution in [3.8, 4) is 0 Å². The van der Waals surface area contributed by atoms with Crippen molar-refractivity contribution in [3.63, 3.8) is 0 Å². The number of hydrogen-bond donors (Lipinski definition) is 1. The van der Waals surface area contributed by atoms with E-state index in [-0.39, 0.29) is 6.10 Å². The molecule has 3 nitrogen and oxygen atoms in total. The van der Waals surface area contributed by atoms with E-state index in [0.717, 1.165) is 50.5 Å². The van der Waals surface area contributed by atoms with Crippen molar-refractivity contribution >= 4 is 11.8 Å². The van der Waals surface area contributed by atoms with Crippen molar-refractivity contribution in [2.24, 2.45) is 0 Å². The Morgan fingerprint density at radius 3 is 2.43 bits per heavy atom. The molecule has 4 heteroatoms. The van der Waals surface area contributed by atoms with Gasteiger partial charge in [-0.05, 0) is 43.3 Å². The molecule has 1 aliphatic heterocycles. The van der Waals surface area contributed by atoms with Gasteiger partial charge in [-0.3, -0.25) is 0 Å². The summed E-state index contributed by atoms with van der Waals surface area (Å²) in [4.78, 5) is 6.11. The molecular weight excluding hydrogens is 280 g/mol. The first kappa shape index (κ1) is 16.8. The number of likely N-dealkylation sites (N-methyl/N-ethyl adjacent to an activating group) is 1. The SMILES string of the molecule is CCCSc1ccc(C(O)CCN2CCN(C)CC2)cc1. The molecule has 21 heavy (non-hydrogen) atoms. The molecule has 0 amide bonds. The quantitative estimate of drug-likeness (QED) is 0.784. The molecular formula is C17H28N2OS. The third-order valence-electron chi connectivity index (χ3n) is 4.05. The van der Waals surface area contributed by atoms with Gasteiger partial charge in [0.05, 0.1) is 6.10 Å². The molecule has 0 saturated carbocycles. The molecule has 0 bridgehead atoms. The Morgan fingerprint density at radius 2 is 1.81 bits per heavy atom. The summed E-state index contributed by atoms with van der Waals surface area (Å²) < 4.78 is 0. The van der Waals surface area contributed by atoms with Crippen LogP contribution in [0.15, 0.2) is 29.2 Å². The first-order valence-corrected chi connectivity index (χ1v) is 8.99. The lowest BCUT2D eigenvalue weighted by Gasteiger charge is -2.32. The zero-order chi connectivity index (χ0) is 15.1. The summed E-state index contributed by atoms with van der Waals surface area (Å²) >= 11 is 1.88. The molecule has 0 radical (unpaired) electrons. The third-order valence-corrected chi connectivity index (χ3v) is 5.27. The van der Waals surface area contributed by atoms with Gasteiger partial charge in [0.1, 0.15) is 0 Å². The fraction of sp³-hybridized carbons (Fsp3) is 0.647.